The van der Waals surface area contributed by atoms with Gasteiger partial charge >= 0.3 is 5.97 Å². The highest BCUT2D eigenvalue weighted by molar-refractivity contribution is 5.95. The highest BCUT2D eigenvalue weighted by atomic mass is 16.5. The lowest BCUT2D eigenvalue weighted by Gasteiger charge is -2.17. The molecule has 0 radical (unpaired) electrons. The van der Waals surface area contributed by atoms with Crippen LogP contribution in [-0.2, 0) is 22.6 Å². The number of carbonyl (C=O) groups is 2. The van der Waals surface area contributed by atoms with Crippen LogP contribution in [0.1, 0.15) is 53.8 Å². The van der Waals surface area contributed by atoms with Gasteiger partial charge in [0.1, 0.15) is 18.9 Å². The average molecular weight is 475 g/mol. The van der Waals surface area contributed by atoms with Gasteiger partial charge in [0.25, 0.3) is 5.91 Å². The van der Waals surface area contributed by atoms with E-state index in [0.29, 0.717) is 5.89 Å². The van der Waals surface area contributed by atoms with Crippen LogP contribution in [0.4, 0.5) is 0 Å². The molecule has 2 aromatic heterocycles. The maximum atomic E-state index is 13.1. The summed E-state index contributed by atoms with van der Waals surface area (Å²) in [5, 5.41) is 3.75. The number of fused-ring (bicyclic) bond motifs is 1. The number of H-pyrrole nitrogens is 1. The monoisotopic (exact) mass is 474 g/mol. The molecule has 0 saturated carbocycles. The Hall–Kier alpha value is -3.91. The van der Waals surface area contributed by atoms with E-state index in [9.17, 15) is 9.59 Å². The zero-order valence-corrected chi connectivity index (χ0v) is 19.9. The quantitative estimate of drug-likeness (QED) is 0.295. The Labute approximate surface area is 203 Å². The molecule has 3 atom stereocenters. The predicted octanol–water partition coefficient (Wildman–Crippen LogP) is 4.29. The van der Waals surface area contributed by atoms with Crippen molar-refractivity contribution in [1.29, 1.82) is 0 Å². The molecule has 4 N–H and O–H groups in total. The summed E-state index contributed by atoms with van der Waals surface area (Å²) in [7, 11) is 0. The number of hydrogen-bond acceptors (Lipinski definition) is 6. The van der Waals surface area contributed by atoms with Crippen molar-refractivity contribution in [3.63, 3.8) is 0 Å². The maximum Gasteiger partial charge on any atom is 0.329 e. The smallest absolute Gasteiger partial charge is 0.329 e. The number of aromatic nitrogens is 2. The van der Waals surface area contributed by atoms with E-state index in [0.717, 1.165) is 28.5 Å². The minimum atomic E-state index is -0.922. The number of ether oxygens (including phenoxy) is 1. The number of benzene rings is 2. The number of amides is 1. The molecule has 8 nitrogen and oxygen atoms in total. The van der Waals surface area contributed by atoms with Crippen LogP contribution in [0, 0.1) is 5.92 Å². The zero-order chi connectivity index (χ0) is 24.8. The van der Waals surface area contributed by atoms with Gasteiger partial charge < -0.3 is 25.2 Å². The first-order chi connectivity index (χ1) is 17.0. The molecule has 8 heteroatoms. The second-order valence-corrected chi connectivity index (χ2v) is 8.67. The molecule has 0 spiro atoms. The van der Waals surface area contributed by atoms with Gasteiger partial charge in [0.2, 0.25) is 5.89 Å². The largest absolute Gasteiger partial charge is 0.459 e. The number of para-hydroxylation sites is 1. The number of aromatic amines is 1. The number of hydrogen-bond donors (Lipinski definition) is 3. The molecular weight excluding hydrogens is 444 g/mol. The third kappa shape index (κ3) is 5.78. The van der Waals surface area contributed by atoms with Crippen LogP contribution in [0.5, 0.6) is 0 Å². The Morgan fingerprint density at radius 2 is 1.89 bits per heavy atom. The maximum absolute atomic E-state index is 13.1. The van der Waals surface area contributed by atoms with Crippen LogP contribution in [0.2, 0.25) is 0 Å². The van der Waals surface area contributed by atoms with E-state index in [1.165, 1.54) is 6.26 Å². The molecule has 0 bridgehead atoms. The second kappa shape index (κ2) is 11.0. The molecular formula is C27H30N4O4. The van der Waals surface area contributed by atoms with Gasteiger partial charge in [-0.15, -0.1) is 0 Å². The van der Waals surface area contributed by atoms with Crippen molar-refractivity contribution >= 4 is 22.8 Å². The number of carbonyl (C=O) groups excluding carboxylic acids is 2. The van der Waals surface area contributed by atoms with E-state index in [4.69, 9.17) is 14.9 Å². The number of esters is 1. The predicted molar refractivity (Wildman–Crippen MR) is 132 cm³/mol. The number of oxazole rings is 1. The Bertz CT molecular complexity index is 1280. The van der Waals surface area contributed by atoms with Crippen molar-refractivity contribution in [2.45, 2.75) is 45.4 Å². The summed E-state index contributed by atoms with van der Waals surface area (Å²) >= 11 is 0. The average Bonchev–Trinajstić information content (AvgIpc) is 3.54. The molecule has 0 fully saturated rings. The summed E-state index contributed by atoms with van der Waals surface area (Å²) in [5.41, 5.74) is 8.95. The van der Waals surface area contributed by atoms with Crippen LogP contribution in [0.15, 0.2) is 71.5 Å². The van der Waals surface area contributed by atoms with E-state index < -0.39 is 24.0 Å². The van der Waals surface area contributed by atoms with Crippen LogP contribution in [0.25, 0.3) is 10.9 Å². The SMILES string of the molecule is CCC(C)C(N)c1nc(C(=O)NC(Cc2c[nH]c3ccccc23)C(=O)OCc2ccccc2)co1. The lowest BCUT2D eigenvalue weighted by atomic mass is 10.0. The number of nitrogens with two attached hydrogens (primary N) is 1. The molecule has 3 unspecified atom stereocenters. The number of rotatable bonds is 10. The molecule has 0 saturated heterocycles. The van der Waals surface area contributed by atoms with E-state index in [1.54, 1.807) is 0 Å². The van der Waals surface area contributed by atoms with Crippen molar-refractivity contribution in [3.8, 4) is 0 Å². The van der Waals surface area contributed by atoms with E-state index in [-0.39, 0.29) is 24.6 Å². The van der Waals surface area contributed by atoms with Gasteiger partial charge in [0.15, 0.2) is 5.69 Å². The number of nitrogens with zero attached hydrogens (tertiary/aromatic N) is 1. The van der Waals surface area contributed by atoms with Gasteiger partial charge in [-0.3, -0.25) is 4.79 Å². The summed E-state index contributed by atoms with van der Waals surface area (Å²) in [6, 6.07) is 15.8. The molecule has 182 valence electrons. The van der Waals surface area contributed by atoms with Crippen molar-refractivity contribution in [2.75, 3.05) is 0 Å². The van der Waals surface area contributed by atoms with Crippen LogP contribution in [-0.4, -0.2) is 27.9 Å². The normalized spacial score (nSPS) is 13.8. The fraction of sp³-hybridized carbons (Fsp3) is 0.296. The topological polar surface area (TPSA) is 123 Å². The summed E-state index contributed by atoms with van der Waals surface area (Å²) < 4.78 is 11.0. The first-order valence-electron chi connectivity index (χ1n) is 11.7. The molecule has 2 heterocycles. The standard InChI is InChI=1S/C27H30N4O4/c1-3-17(2)24(28)26-31-23(16-34-26)25(32)30-22(27(33)35-15-18-9-5-4-6-10-18)13-19-14-29-21-12-8-7-11-20(19)21/h4-12,14,16-17,22,24,29H,3,13,15,28H2,1-2H3,(H,30,32). The molecule has 35 heavy (non-hydrogen) atoms. The van der Waals surface area contributed by atoms with Crippen molar-refractivity contribution in [3.05, 3.63) is 89.8 Å². The Morgan fingerprint density at radius 1 is 1.14 bits per heavy atom. The molecule has 2 aromatic carbocycles. The second-order valence-electron chi connectivity index (χ2n) is 8.67. The molecule has 0 aliphatic carbocycles. The van der Waals surface area contributed by atoms with E-state index in [1.807, 2.05) is 74.6 Å². The van der Waals surface area contributed by atoms with Gasteiger partial charge in [0.05, 0.1) is 6.04 Å². The summed E-state index contributed by atoms with van der Waals surface area (Å²) in [5.74, 6) is -0.623. The van der Waals surface area contributed by atoms with Gasteiger partial charge in [-0.25, -0.2) is 9.78 Å². The van der Waals surface area contributed by atoms with Crippen molar-refractivity contribution < 1.29 is 18.7 Å². The Balaban J connectivity index is 1.52. The first kappa shape index (κ1) is 24.2. The summed E-state index contributed by atoms with van der Waals surface area (Å²) in [6.07, 6.45) is 4.21. The van der Waals surface area contributed by atoms with Crippen LogP contribution < -0.4 is 11.1 Å². The van der Waals surface area contributed by atoms with Gasteiger partial charge in [-0.2, -0.15) is 0 Å². The highest BCUT2D eigenvalue weighted by Crippen LogP contribution is 2.22. The first-order valence-corrected chi connectivity index (χ1v) is 11.7. The van der Waals surface area contributed by atoms with Crippen molar-refractivity contribution in [1.82, 2.24) is 15.3 Å². The van der Waals surface area contributed by atoms with Crippen LogP contribution >= 0.6 is 0 Å². The number of nitrogens with one attached hydrogen (secondary N) is 2. The van der Waals surface area contributed by atoms with Gasteiger partial charge in [-0.05, 0) is 23.1 Å². The lowest BCUT2D eigenvalue weighted by molar-refractivity contribution is -0.147. The molecule has 4 rings (SSSR count). The van der Waals surface area contributed by atoms with E-state index in [2.05, 4.69) is 15.3 Å². The minimum absolute atomic E-state index is 0.0681. The third-order valence-electron chi connectivity index (χ3n) is 6.21. The van der Waals surface area contributed by atoms with E-state index >= 15 is 0 Å². The fourth-order valence-electron chi connectivity index (χ4n) is 3.82. The van der Waals surface area contributed by atoms with Crippen LogP contribution in [0.3, 0.4) is 0 Å². The summed E-state index contributed by atoms with van der Waals surface area (Å²) in [6.45, 7) is 4.13. The van der Waals surface area contributed by atoms with Crippen molar-refractivity contribution in [2.24, 2.45) is 11.7 Å². The molecule has 0 aliphatic rings. The minimum Gasteiger partial charge on any atom is -0.459 e. The van der Waals surface area contributed by atoms with Gasteiger partial charge in [0, 0.05) is 23.5 Å². The van der Waals surface area contributed by atoms with Gasteiger partial charge in [-0.1, -0.05) is 68.8 Å². The highest BCUT2D eigenvalue weighted by Gasteiger charge is 2.27. The molecule has 4 aromatic rings. The summed E-state index contributed by atoms with van der Waals surface area (Å²) in [4.78, 5) is 33.6. The molecule has 0 aliphatic heterocycles. The third-order valence-corrected chi connectivity index (χ3v) is 6.21. The zero-order valence-electron chi connectivity index (χ0n) is 19.9. The molecule has 1 amide bonds. The Morgan fingerprint density at radius 3 is 2.66 bits per heavy atom. The lowest BCUT2D eigenvalue weighted by Crippen LogP contribution is -2.43. The Kier molecular flexibility index (Phi) is 7.62. The fourth-order valence-corrected chi connectivity index (χ4v) is 3.82.